The highest BCUT2D eigenvalue weighted by atomic mass is 19.1. The van der Waals surface area contributed by atoms with Crippen LogP contribution in [0.3, 0.4) is 0 Å². The number of hydrogen-bond donors (Lipinski definition) is 1. The molecule has 2 aromatic rings. The predicted molar refractivity (Wildman–Crippen MR) is 46.9 cm³/mol. The van der Waals surface area contributed by atoms with Crippen LogP contribution in [0.1, 0.15) is 0 Å². The maximum atomic E-state index is 13.1. The number of primary amides is 1. The lowest BCUT2D eigenvalue weighted by atomic mass is 10.2. The van der Waals surface area contributed by atoms with Gasteiger partial charge >= 0.3 is 6.03 Å². The molecule has 0 aliphatic heterocycles. The van der Waals surface area contributed by atoms with E-state index in [1.165, 1.54) is 6.07 Å². The average Bonchev–Trinajstić information content (AvgIpc) is 2.39. The molecule has 0 unspecified atom stereocenters. The quantitative estimate of drug-likeness (QED) is 0.655. The van der Waals surface area contributed by atoms with Crippen LogP contribution in [0.4, 0.5) is 9.18 Å². The number of nitrogens with two attached hydrogens (primary N) is 1. The van der Waals surface area contributed by atoms with Crippen molar-refractivity contribution in [2.75, 3.05) is 0 Å². The summed E-state index contributed by atoms with van der Waals surface area (Å²) in [7, 11) is 0. The molecule has 0 bridgehead atoms. The summed E-state index contributed by atoms with van der Waals surface area (Å²) in [4.78, 5) is 10.8. The number of amides is 1. The van der Waals surface area contributed by atoms with Crippen LogP contribution in [-0.2, 0) is 0 Å². The van der Waals surface area contributed by atoms with Gasteiger partial charge in [-0.3, -0.25) is 0 Å². The van der Waals surface area contributed by atoms with Crippen LogP contribution in [0, 0.1) is 5.95 Å². The lowest BCUT2D eigenvalue weighted by Gasteiger charge is -1.98. The normalized spacial score (nSPS) is 10.5. The third-order valence-electron chi connectivity index (χ3n) is 1.89. The fourth-order valence-corrected chi connectivity index (χ4v) is 1.35. The van der Waals surface area contributed by atoms with Gasteiger partial charge in [0.05, 0.1) is 5.52 Å². The molecule has 1 amide bonds. The smallest absolute Gasteiger partial charge is 0.325 e. The van der Waals surface area contributed by atoms with E-state index in [-0.39, 0.29) is 0 Å². The number of benzene rings is 1. The Balaban J connectivity index is 2.86. The van der Waals surface area contributed by atoms with Gasteiger partial charge in [-0.25, -0.2) is 9.36 Å². The number of aromatic nitrogens is 1. The zero-order valence-corrected chi connectivity index (χ0v) is 6.70. The molecule has 1 aromatic heterocycles. The molecule has 2 N–H and O–H groups in total. The van der Waals surface area contributed by atoms with E-state index in [9.17, 15) is 9.18 Å². The highest BCUT2D eigenvalue weighted by Crippen LogP contribution is 2.17. The molecule has 2 rings (SSSR count). The Labute approximate surface area is 73.6 Å². The van der Waals surface area contributed by atoms with Crippen molar-refractivity contribution in [3.8, 4) is 0 Å². The molecule has 0 fully saturated rings. The largest absolute Gasteiger partial charge is 0.351 e. The van der Waals surface area contributed by atoms with Gasteiger partial charge in [0.1, 0.15) is 0 Å². The second-order valence-electron chi connectivity index (χ2n) is 2.70. The van der Waals surface area contributed by atoms with E-state index < -0.39 is 12.0 Å². The van der Waals surface area contributed by atoms with Crippen molar-refractivity contribution in [1.29, 1.82) is 0 Å². The van der Waals surface area contributed by atoms with Crippen LogP contribution >= 0.6 is 0 Å². The van der Waals surface area contributed by atoms with Gasteiger partial charge in [0.2, 0.25) is 5.95 Å². The molecule has 0 saturated carbocycles. The summed E-state index contributed by atoms with van der Waals surface area (Å²) < 4.78 is 14.0. The van der Waals surface area contributed by atoms with Crippen LogP contribution in [0.5, 0.6) is 0 Å². The van der Waals surface area contributed by atoms with Crippen LogP contribution in [-0.4, -0.2) is 10.6 Å². The topological polar surface area (TPSA) is 48.0 Å². The molecular weight excluding hydrogens is 171 g/mol. The number of para-hydroxylation sites is 1. The molecule has 0 saturated heterocycles. The van der Waals surface area contributed by atoms with Crippen molar-refractivity contribution in [1.82, 2.24) is 4.57 Å². The zero-order valence-electron chi connectivity index (χ0n) is 6.70. The van der Waals surface area contributed by atoms with Crippen LogP contribution in [0.15, 0.2) is 30.3 Å². The highest BCUT2D eigenvalue weighted by Gasteiger charge is 2.10. The molecule has 0 atom stereocenters. The zero-order chi connectivity index (χ0) is 9.42. The van der Waals surface area contributed by atoms with Crippen LogP contribution in [0.2, 0.25) is 0 Å². The predicted octanol–water partition coefficient (Wildman–Crippen LogP) is 1.71. The van der Waals surface area contributed by atoms with Gasteiger partial charge in [-0.1, -0.05) is 18.2 Å². The molecular formula is C9H7FN2O. The standard InChI is InChI=1S/C9H7FN2O/c10-8-5-6-3-1-2-4-7(6)12(8)9(11)13/h1-5H,(H2,11,13). The highest BCUT2D eigenvalue weighted by molar-refractivity contribution is 5.91. The summed E-state index contributed by atoms with van der Waals surface area (Å²) in [5.41, 5.74) is 5.50. The minimum atomic E-state index is -0.807. The van der Waals surface area contributed by atoms with Crippen molar-refractivity contribution in [3.63, 3.8) is 0 Å². The van der Waals surface area contributed by atoms with Gasteiger partial charge in [-0.05, 0) is 6.07 Å². The SMILES string of the molecule is NC(=O)n1c(F)cc2ccccc21. The van der Waals surface area contributed by atoms with Gasteiger partial charge in [0.15, 0.2) is 0 Å². The molecule has 0 aliphatic rings. The average molecular weight is 178 g/mol. The van der Waals surface area contributed by atoms with Crippen molar-refractivity contribution in [3.05, 3.63) is 36.3 Å². The van der Waals surface area contributed by atoms with Crippen molar-refractivity contribution in [2.24, 2.45) is 5.73 Å². The van der Waals surface area contributed by atoms with Gasteiger partial charge in [0, 0.05) is 11.5 Å². The van der Waals surface area contributed by atoms with Gasteiger partial charge in [-0.15, -0.1) is 0 Å². The Bertz CT molecular complexity index is 475. The Morgan fingerprint density at radius 2 is 2.08 bits per heavy atom. The molecule has 1 heterocycles. The molecule has 0 aliphatic carbocycles. The first-order valence-electron chi connectivity index (χ1n) is 3.76. The lowest BCUT2D eigenvalue weighted by Crippen LogP contribution is -2.20. The van der Waals surface area contributed by atoms with Gasteiger partial charge in [0.25, 0.3) is 0 Å². The summed E-state index contributed by atoms with van der Waals surface area (Å²) in [6.07, 6.45) is 0. The van der Waals surface area contributed by atoms with E-state index in [2.05, 4.69) is 0 Å². The second kappa shape index (κ2) is 2.58. The third kappa shape index (κ3) is 1.07. The number of nitrogens with zero attached hydrogens (tertiary/aromatic N) is 1. The summed E-state index contributed by atoms with van der Waals surface area (Å²) in [5, 5.41) is 0.666. The first kappa shape index (κ1) is 7.79. The fraction of sp³-hybridized carbons (Fsp3) is 0. The monoisotopic (exact) mass is 178 g/mol. The number of rotatable bonds is 0. The molecule has 0 spiro atoms. The first-order chi connectivity index (χ1) is 6.20. The summed E-state index contributed by atoms with van der Waals surface area (Å²) in [5.74, 6) is -0.631. The number of halogens is 1. The number of carbonyl (C=O) groups is 1. The molecule has 3 nitrogen and oxygen atoms in total. The maximum Gasteiger partial charge on any atom is 0.325 e. The van der Waals surface area contributed by atoms with Crippen molar-refractivity contribution in [2.45, 2.75) is 0 Å². The minimum Gasteiger partial charge on any atom is -0.351 e. The molecule has 4 heteroatoms. The number of carbonyl (C=O) groups excluding carboxylic acids is 1. The Hall–Kier alpha value is -1.84. The summed E-state index contributed by atoms with van der Waals surface area (Å²) in [6.45, 7) is 0. The second-order valence-corrected chi connectivity index (χ2v) is 2.70. The molecule has 13 heavy (non-hydrogen) atoms. The number of fused-ring (bicyclic) bond motifs is 1. The molecule has 1 aromatic carbocycles. The first-order valence-corrected chi connectivity index (χ1v) is 3.76. The van der Waals surface area contributed by atoms with Crippen molar-refractivity contribution >= 4 is 16.9 Å². The van der Waals surface area contributed by atoms with Crippen molar-refractivity contribution < 1.29 is 9.18 Å². The Kier molecular flexibility index (Phi) is 1.55. The van der Waals surface area contributed by atoms with E-state index >= 15 is 0 Å². The van der Waals surface area contributed by atoms with Crippen LogP contribution < -0.4 is 5.73 Å². The summed E-state index contributed by atoms with van der Waals surface area (Å²) in [6, 6.07) is 7.33. The lowest BCUT2D eigenvalue weighted by molar-refractivity contribution is 0.248. The maximum absolute atomic E-state index is 13.1. The summed E-state index contributed by atoms with van der Waals surface area (Å²) >= 11 is 0. The van der Waals surface area contributed by atoms with E-state index in [0.29, 0.717) is 10.9 Å². The number of hydrogen-bond acceptors (Lipinski definition) is 1. The van der Waals surface area contributed by atoms with Crippen LogP contribution in [0.25, 0.3) is 10.9 Å². The molecule has 0 radical (unpaired) electrons. The van der Waals surface area contributed by atoms with E-state index in [1.54, 1.807) is 24.3 Å². The van der Waals surface area contributed by atoms with Gasteiger partial charge in [-0.2, -0.15) is 4.39 Å². The Morgan fingerprint density at radius 1 is 1.38 bits per heavy atom. The molecule has 66 valence electrons. The minimum absolute atomic E-state index is 0.493. The van der Waals surface area contributed by atoms with E-state index in [4.69, 9.17) is 5.73 Å². The van der Waals surface area contributed by atoms with E-state index in [0.717, 1.165) is 4.57 Å². The Morgan fingerprint density at radius 3 is 2.77 bits per heavy atom. The fourth-order valence-electron chi connectivity index (χ4n) is 1.35. The van der Waals surface area contributed by atoms with E-state index in [1.807, 2.05) is 0 Å². The van der Waals surface area contributed by atoms with Gasteiger partial charge < -0.3 is 5.73 Å². The third-order valence-corrected chi connectivity index (χ3v) is 1.89.